The van der Waals surface area contributed by atoms with Crippen molar-refractivity contribution < 1.29 is 0 Å². The van der Waals surface area contributed by atoms with Crippen molar-refractivity contribution in [3.05, 3.63) is 18.8 Å². The van der Waals surface area contributed by atoms with Crippen LogP contribution in [0, 0.1) is 6.92 Å². The van der Waals surface area contributed by atoms with Gasteiger partial charge in [0.2, 0.25) is 0 Å². The molecule has 0 aliphatic carbocycles. The molecule has 0 atom stereocenters. The van der Waals surface area contributed by atoms with Gasteiger partial charge in [-0.1, -0.05) is 0 Å². The maximum Gasteiger partial charge on any atom is 0.0853 e. The topological polar surface area (TPSA) is 43.8 Å². The molecule has 3 heteroatoms. The fourth-order valence-corrected chi connectivity index (χ4v) is 0.747. The largest absolute Gasteiger partial charge is 0.396 e. The lowest BCUT2D eigenvalue weighted by atomic mass is 10.3. The molecule has 1 radical (unpaired) electrons. The molecule has 1 rings (SSSR count). The molecule has 0 aromatic carbocycles. The first kappa shape index (κ1) is 6.13. The second-order valence-electron chi connectivity index (χ2n) is 1.95. The third-order valence-electron chi connectivity index (χ3n) is 1.17. The number of hydrogen-bond donors (Lipinski definition) is 1. The summed E-state index contributed by atoms with van der Waals surface area (Å²) in [5.74, 6) is 0. The standard InChI is InChI=1S/C6H10N3/c1-3-6-5(7)4-9(2)8-6/h4H,1,3,7H2,2H3. The summed E-state index contributed by atoms with van der Waals surface area (Å²) in [7, 11) is 1.84. The number of aromatic nitrogens is 2. The zero-order valence-electron chi connectivity index (χ0n) is 5.46. The normalized spacial score (nSPS) is 10.0. The lowest BCUT2D eigenvalue weighted by Crippen LogP contribution is -1.90. The van der Waals surface area contributed by atoms with Crippen molar-refractivity contribution in [1.82, 2.24) is 9.78 Å². The smallest absolute Gasteiger partial charge is 0.0853 e. The summed E-state index contributed by atoms with van der Waals surface area (Å²) in [6.07, 6.45) is 2.44. The Hall–Kier alpha value is -0.990. The van der Waals surface area contributed by atoms with Crippen LogP contribution in [0.1, 0.15) is 5.69 Å². The molecule has 0 fully saturated rings. The molecule has 0 saturated heterocycles. The highest BCUT2D eigenvalue weighted by molar-refractivity contribution is 5.40. The van der Waals surface area contributed by atoms with E-state index in [1.165, 1.54) is 0 Å². The molecule has 1 heterocycles. The quantitative estimate of drug-likeness (QED) is 0.588. The molecule has 2 N–H and O–H groups in total. The monoisotopic (exact) mass is 124 g/mol. The predicted molar refractivity (Wildman–Crippen MR) is 36.7 cm³/mol. The van der Waals surface area contributed by atoms with Crippen molar-refractivity contribution in [1.29, 1.82) is 0 Å². The van der Waals surface area contributed by atoms with Gasteiger partial charge in [-0.3, -0.25) is 4.68 Å². The maximum atomic E-state index is 5.53. The Morgan fingerprint density at radius 2 is 2.56 bits per heavy atom. The van der Waals surface area contributed by atoms with Gasteiger partial charge in [0.15, 0.2) is 0 Å². The molecule has 0 unspecified atom stereocenters. The zero-order chi connectivity index (χ0) is 6.85. The third kappa shape index (κ3) is 1.04. The van der Waals surface area contributed by atoms with Crippen molar-refractivity contribution in [2.24, 2.45) is 7.05 Å². The molecule has 49 valence electrons. The Morgan fingerprint density at radius 3 is 2.78 bits per heavy atom. The van der Waals surface area contributed by atoms with Crippen molar-refractivity contribution >= 4 is 5.69 Å². The summed E-state index contributed by atoms with van der Waals surface area (Å²) < 4.78 is 1.69. The number of rotatable bonds is 1. The van der Waals surface area contributed by atoms with E-state index >= 15 is 0 Å². The molecule has 0 bridgehead atoms. The van der Waals surface area contributed by atoms with Gasteiger partial charge in [0.05, 0.1) is 11.4 Å². The summed E-state index contributed by atoms with van der Waals surface area (Å²) in [5, 5.41) is 4.06. The maximum absolute atomic E-state index is 5.53. The van der Waals surface area contributed by atoms with Gasteiger partial charge in [-0.25, -0.2) is 0 Å². The van der Waals surface area contributed by atoms with E-state index in [9.17, 15) is 0 Å². The molecule has 0 aliphatic heterocycles. The SMILES string of the molecule is [CH2]Cc1nn(C)cc1N. The van der Waals surface area contributed by atoms with E-state index in [0.29, 0.717) is 6.42 Å². The van der Waals surface area contributed by atoms with Crippen LogP contribution in [0.5, 0.6) is 0 Å². The van der Waals surface area contributed by atoms with E-state index < -0.39 is 0 Å². The van der Waals surface area contributed by atoms with Gasteiger partial charge in [0.25, 0.3) is 0 Å². The van der Waals surface area contributed by atoms with E-state index in [-0.39, 0.29) is 0 Å². The number of nitrogens with two attached hydrogens (primary N) is 1. The van der Waals surface area contributed by atoms with E-state index in [1.54, 1.807) is 10.9 Å². The highest BCUT2D eigenvalue weighted by Crippen LogP contribution is 2.06. The van der Waals surface area contributed by atoms with Gasteiger partial charge in [-0.05, 0) is 13.3 Å². The number of anilines is 1. The van der Waals surface area contributed by atoms with Gasteiger partial charge >= 0.3 is 0 Å². The fourth-order valence-electron chi connectivity index (χ4n) is 0.747. The summed E-state index contributed by atoms with van der Waals surface area (Å²) >= 11 is 0. The van der Waals surface area contributed by atoms with Gasteiger partial charge < -0.3 is 5.73 Å². The Labute approximate surface area is 54.5 Å². The zero-order valence-corrected chi connectivity index (χ0v) is 5.46. The second-order valence-corrected chi connectivity index (χ2v) is 1.95. The van der Waals surface area contributed by atoms with E-state index in [4.69, 9.17) is 5.73 Å². The van der Waals surface area contributed by atoms with E-state index in [2.05, 4.69) is 12.0 Å². The van der Waals surface area contributed by atoms with Crippen LogP contribution in [-0.2, 0) is 13.5 Å². The van der Waals surface area contributed by atoms with Gasteiger partial charge in [-0.15, -0.1) is 0 Å². The predicted octanol–water partition coefficient (Wildman–Crippen LogP) is 0.379. The van der Waals surface area contributed by atoms with Crippen molar-refractivity contribution in [3.63, 3.8) is 0 Å². The molecule has 3 nitrogen and oxygen atoms in total. The number of nitrogen functional groups attached to an aromatic ring is 1. The average molecular weight is 124 g/mol. The first-order valence-corrected chi connectivity index (χ1v) is 2.81. The highest BCUT2D eigenvalue weighted by Gasteiger charge is 1.98. The summed E-state index contributed by atoms with van der Waals surface area (Å²) in [6, 6.07) is 0. The first-order chi connectivity index (χ1) is 4.24. The van der Waals surface area contributed by atoms with Gasteiger partial charge in [-0.2, -0.15) is 5.10 Å². The minimum absolute atomic E-state index is 0.659. The minimum atomic E-state index is 0.659. The minimum Gasteiger partial charge on any atom is -0.396 e. The summed E-state index contributed by atoms with van der Waals surface area (Å²) in [5.41, 5.74) is 7.13. The number of nitrogens with zero attached hydrogens (tertiary/aromatic N) is 2. The van der Waals surface area contributed by atoms with Crippen molar-refractivity contribution in [2.45, 2.75) is 6.42 Å². The Balaban J connectivity index is 3.01. The summed E-state index contributed by atoms with van der Waals surface area (Å²) in [4.78, 5) is 0. The highest BCUT2D eigenvalue weighted by atomic mass is 15.3. The van der Waals surface area contributed by atoms with Crippen LogP contribution >= 0.6 is 0 Å². The third-order valence-corrected chi connectivity index (χ3v) is 1.17. The molecule has 1 aromatic rings. The Kier molecular flexibility index (Phi) is 1.42. The fraction of sp³-hybridized carbons (Fsp3) is 0.333. The van der Waals surface area contributed by atoms with Crippen molar-refractivity contribution in [3.8, 4) is 0 Å². The molecule has 1 aromatic heterocycles. The lowest BCUT2D eigenvalue weighted by Gasteiger charge is -1.86. The molecule has 0 amide bonds. The van der Waals surface area contributed by atoms with Crippen LogP contribution in [-0.4, -0.2) is 9.78 Å². The Bertz CT molecular complexity index is 202. The molecule has 0 aliphatic rings. The molecule has 0 spiro atoms. The average Bonchev–Trinajstić information content (AvgIpc) is 2.10. The van der Waals surface area contributed by atoms with Crippen LogP contribution in [0.25, 0.3) is 0 Å². The van der Waals surface area contributed by atoms with Gasteiger partial charge in [0.1, 0.15) is 0 Å². The summed E-state index contributed by atoms with van der Waals surface area (Å²) in [6.45, 7) is 3.67. The number of hydrogen-bond acceptors (Lipinski definition) is 2. The van der Waals surface area contributed by atoms with Crippen LogP contribution < -0.4 is 5.73 Å². The van der Waals surface area contributed by atoms with Crippen LogP contribution in [0.4, 0.5) is 5.69 Å². The Morgan fingerprint density at radius 1 is 1.89 bits per heavy atom. The lowest BCUT2D eigenvalue weighted by molar-refractivity contribution is 0.750. The number of aryl methyl sites for hydroxylation is 1. The van der Waals surface area contributed by atoms with E-state index in [0.717, 1.165) is 11.4 Å². The second kappa shape index (κ2) is 2.09. The molecular weight excluding hydrogens is 114 g/mol. The van der Waals surface area contributed by atoms with Crippen LogP contribution in [0.15, 0.2) is 6.20 Å². The van der Waals surface area contributed by atoms with Crippen LogP contribution in [0.2, 0.25) is 0 Å². The molecular formula is C6H10N3. The first-order valence-electron chi connectivity index (χ1n) is 2.81. The van der Waals surface area contributed by atoms with Gasteiger partial charge in [0, 0.05) is 13.2 Å². The van der Waals surface area contributed by atoms with Crippen molar-refractivity contribution in [2.75, 3.05) is 5.73 Å². The molecule has 0 saturated carbocycles. The van der Waals surface area contributed by atoms with Crippen LogP contribution in [0.3, 0.4) is 0 Å². The van der Waals surface area contributed by atoms with E-state index in [1.807, 2.05) is 7.05 Å². The molecule has 9 heavy (non-hydrogen) atoms.